The molecule has 5 heteroatoms. The number of nitrogens with one attached hydrogen (secondary N) is 3. The molecule has 2 atom stereocenters. The third kappa shape index (κ3) is 3.27. The summed E-state index contributed by atoms with van der Waals surface area (Å²) in [6.45, 7) is 0. The van der Waals surface area contributed by atoms with E-state index in [-0.39, 0.29) is 18.0 Å². The van der Waals surface area contributed by atoms with Gasteiger partial charge in [-0.25, -0.2) is 10.9 Å². The molecule has 2 aromatic carbocycles. The highest BCUT2D eigenvalue weighted by atomic mass is 16.5. The second-order valence-corrected chi connectivity index (χ2v) is 5.26. The molecule has 0 aromatic heterocycles. The van der Waals surface area contributed by atoms with Crippen LogP contribution in [0.25, 0.3) is 0 Å². The summed E-state index contributed by atoms with van der Waals surface area (Å²) in [5.41, 5.74) is 8.14. The van der Waals surface area contributed by atoms with Crippen molar-refractivity contribution in [1.29, 1.82) is 0 Å². The van der Waals surface area contributed by atoms with Crippen LogP contribution >= 0.6 is 0 Å². The molecule has 1 heterocycles. The topological polar surface area (TPSA) is 62.4 Å². The van der Waals surface area contributed by atoms with Gasteiger partial charge in [-0.3, -0.25) is 4.79 Å². The first-order valence-electron chi connectivity index (χ1n) is 7.27. The van der Waals surface area contributed by atoms with E-state index in [1.807, 2.05) is 54.6 Å². The number of amides is 1. The molecule has 5 nitrogen and oxygen atoms in total. The largest absolute Gasteiger partial charge is 0.497 e. The van der Waals surface area contributed by atoms with E-state index >= 15 is 0 Å². The lowest BCUT2D eigenvalue weighted by molar-refractivity contribution is -0.117. The number of carbonyl (C=O) groups is 1. The van der Waals surface area contributed by atoms with Crippen LogP contribution < -0.4 is 20.9 Å². The Kier molecular flexibility index (Phi) is 4.37. The Bertz CT molecular complexity index is 645. The average Bonchev–Trinajstić information content (AvgIpc) is 3.06. The van der Waals surface area contributed by atoms with Crippen molar-refractivity contribution in [1.82, 2.24) is 10.9 Å². The number of ether oxygens (including phenoxy) is 1. The van der Waals surface area contributed by atoms with Crippen LogP contribution in [0.3, 0.4) is 0 Å². The first kappa shape index (κ1) is 14.6. The van der Waals surface area contributed by atoms with Crippen molar-refractivity contribution in [2.45, 2.75) is 18.5 Å². The van der Waals surface area contributed by atoms with Gasteiger partial charge in [0, 0.05) is 11.7 Å². The molecule has 1 aliphatic rings. The summed E-state index contributed by atoms with van der Waals surface area (Å²) in [6.07, 6.45) is 0.686. The second-order valence-electron chi connectivity index (χ2n) is 5.26. The Morgan fingerprint density at radius 1 is 1.14 bits per heavy atom. The van der Waals surface area contributed by atoms with E-state index in [1.165, 1.54) is 0 Å². The standard InChI is InChI=1S/C17H19N3O2/c1-22-14-9-5-6-12(10-14)15-11-16(20-19-15)17(21)18-13-7-3-2-4-8-13/h2-10,15-16,19-20H,11H2,1H3,(H,18,21). The number of hydrazine groups is 1. The molecular formula is C17H19N3O2. The molecule has 2 aromatic rings. The van der Waals surface area contributed by atoms with Crippen molar-refractivity contribution >= 4 is 11.6 Å². The van der Waals surface area contributed by atoms with Gasteiger partial charge in [-0.1, -0.05) is 30.3 Å². The second kappa shape index (κ2) is 6.60. The van der Waals surface area contributed by atoms with Crippen molar-refractivity contribution in [3.63, 3.8) is 0 Å². The summed E-state index contributed by atoms with van der Waals surface area (Å²) in [4.78, 5) is 12.3. The van der Waals surface area contributed by atoms with Crippen molar-refractivity contribution in [2.75, 3.05) is 12.4 Å². The Hall–Kier alpha value is -2.37. The minimum atomic E-state index is -0.267. The molecule has 0 bridgehead atoms. The zero-order valence-corrected chi connectivity index (χ0v) is 12.4. The van der Waals surface area contributed by atoms with Gasteiger partial charge in [-0.2, -0.15) is 0 Å². The zero-order valence-electron chi connectivity index (χ0n) is 12.4. The molecule has 1 saturated heterocycles. The lowest BCUT2D eigenvalue weighted by Gasteiger charge is -2.11. The van der Waals surface area contributed by atoms with Crippen LogP contribution in [0.4, 0.5) is 5.69 Å². The Balaban J connectivity index is 1.63. The number of anilines is 1. The van der Waals surface area contributed by atoms with Gasteiger partial charge in [0.2, 0.25) is 5.91 Å². The molecule has 3 N–H and O–H groups in total. The minimum absolute atomic E-state index is 0.0379. The smallest absolute Gasteiger partial charge is 0.242 e. The lowest BCUT2D eigenvalue weighted by atomic mass is 10.0. The zero-order chi connectivity index (χ0) is 15.4. The monoisotopic (exact) mass is 297 g/mol. The van der Waals surface area contributed by atoms with Gasteiger partial charge in [-0.15, -0.1) is 0 Å². The molecule has 114 valence electrons. The fourth-order valence-electron chi connectivity index (χ4n) is 2.56. The van der Waals surface area contributed by atoms with Crippen LogP contribution in [-0.2, 0) is 4.79 Å². The Morgan fingerprint density at radius 3 is 2.73 bits per heavy atom. The number of hydrogen-bond acceptors (Lipinski definition) is 4. The van der Waals surface area contributed by atoms with Gasteiger partial charge in [0.1, 0.15) is 11.8 Å². The van der Waals surface area contributed by atoms with Crippen LogP contribution in [0.15, 0.2) is 54.6 Å². The lowest BCUT2D eigenvalue weighted by Crippen LogP contribution is -2.39. The minimum Gasteiger partial charge on any atom is -0.497 e. The predicted octanol–water partition coefficient (Wildman–Crippen LogP) is 2.24. The van der Waals surface area contributed by atoms with Gasteiger partial charge >= 0.3 is 0 Å². The molecule has 1 fully saturated rings. The number of carbonyl (C=O) groups excluding carboxylic acids is 1. The quantitative estimate of drug-likeness (QED) is 0.810. The molecule has 2 unspecified atom stereocenters. The van der Waals surface area contributed by atoms with Gasteiger partial charge < -0.3 is 10.1 Å². The average molecular weight is 297 g/mol. The molecule has 22 heavy (non-hydrogen) atoms. The van der Waals surface area contributed by atoms with Gasteiger partial charge in [0.15, 0.2) is 0 Å². The van der Waals surface area contributed by atoms with Crippen LogP contribution in [0, 0.1) is 0 Å². The highest BCUT2D eigenvalue weighted by Gasteiger charge is 2.30. The molecule has 0 radical (unpaired) electrons. The number of benzene rings is 2. The van der Waals surface area contributed by atoms with Crippen LogP contribution in [0.2, 0.25) is 0 Å². The summed E-state index contributed by atoms with van der Waals surface area (Å²) in [7, 11) is 1.65. The van der Waals surface area contributed by atoms with E-state index in [0.717, 1.165) is 17.0 Å². The van der Waals surface area contributed by atoms with Gasteiger partial charge in [0.25, 0.3) is 0 Å². The molecule has 1 aliphatic heterocycles. The molecule has 3 rings (SSSR count). The van der Waals surface area contributed by atoms with Crippen LogP contribution in [0.1, 0.15) is 18.0 Å². The molecular weight excluding hydrogens is 278 g/mol. The normalized spacial score (nSPS) is 20.6. The third-order valence-electron chi connectivity index (χ3n) is 3.76. The summed E-state index contributed by atoms with van der Waals surface area (Å²) < 4.78 is 5.24. The fourth-order valence-corrected chi connectivity index (χ4v) is 2.56. The van der Waals surface area contributed by atoms with E-state index in [0.29, 0.717) is 6.42 Å². The number of rotatable bonds is 4. The Morgan fingerprint density at radius 2 is 1.95 bits per heavy atom. The molecule has 0 spiro atoms. The Labute approximate surface area is 129 Å². The van der Waals surface area contributed by atoms with E-state index in [1.54, 1.807) is 7.11 Å². The number of methoxy groups -OCH3 is 1. The van der Waals surface area contributed by atoms with Gasteiger partial charge in [0.05, 0.1) is 7.11 Å². The first-order chi connectivity index (χ1) is 10.8. The van der Waals surface area contributed by atoms with E-state index in [2.05, 4.69) is 16.2 Å². The number of hydrogen-bond donors (Lipinski definition) is 3. The SMILES string of the molecule is COc1cccc(C2CC(C(=O)Nc3ccccc3)NN2)c1. The number of para-hydroxylation sites is 1. The molecule has 0 saturated carbocycles. The van der Waals surface area contributed by atoms with E-state index in [9.17, 15) is 4.79 Å². The molecule has 0 aliphatic carbocycles. The van der Waals surface area contributed by atoms with E-state index in [4.69, 9.17) is 4.74 Å². The van der Waals surface area contributed by atoms with Crippen molar-refractivity contribution in [3.8, 4) is 5.75 Å². The third-order valence-corrected chi connectivity index (χ3v) is 3.76. The van der Waals surface area contributed by atoms with Gasteiger partial charge in [-0.05, 0) is 36.2 Å². The highest BCUT2D eigenvalue weighted by molar-refractivity contribution is 5.95. The summed E-state index contributed by atoms with van der Waals surface area (Å²) in [5.74, 6) is 0.778. The first-order valence-corrected chi connectivity index (χ1v) is 7.27. The maximum Gasteiger partial charge on any atom is 0.242 e. The maximum atomic E-state index is 12.3. The van der Waals surface area contributed by atoms with Crippen molar-refractivity contribution < 1.29 is 9.53 Å². The van der Waals surface area contributed by atoms with Crippen LogP contribution in [0.5, 0.6) is 5.75 Å². The van der Waals surface area contributed by atoms with Crippen LogP contribution in [-0.4, -0.2) is 19.1 Å². The summed E-state index contributed by atoms with van der Waals surface area (Å²) >= 11 is 0. The summed E-state index contributed by atoms with van der Waals surface area (Å²) in [6, 6.07) is 17.2. The molecule has 1 amide bonds. The predicted molar refractivity (Wildman–Crippen MR) is 85.5 cm³/mol. The maximum absolute atomic E-state index is 12.3. The van der Waals surface area contributed by atoms with Crippen molar-refractivity contribution in [3.05, 3.63) is 60.2 Å². The summed E-state index contributed by atoms with van der Waals surface area (Å²) in [5, 5.41) is 2.91. The highest BCUT2D eigenvalue weighted by Crippen LogP contribution is 2.25. The van der Waals surface area contributed by atoms with E-state index < -0.39 is 0 Å². The van der Waals surface area contributed by atoms with Crippen molar-refractivity contribution in [2.24, 2.45) is 0 Å². The fraction of sp³-hybridized carbons (Fsp3) is 0.235.